The maximum absolute atomic E-state index is 13.9. The highest BCUT2D eigenvalue weighted by molar-refractivity contribution is 6.24. The lowest BCUT2D eigenvalue weighted by molar-refractivity contribution is -0.148. The first-order chi connectivity index (χ1) is 18.9. The van der Waals surface area contributed by atoms with Gasteiger partial charge in [0.15, 0.2) is 11.4 Å². The van der Waals surface area contributed by atoms with Crippen LogP contribution in [-0.2, 0) is 16.0 Å². The van der Waals surface area contributed by atoms with Crippen molar-refractivity contribution in [2.75, 3.05) is 14.1 Å². The van der Waals surface area contributed by atoms with Crippen LogP contribution in [0.3, 0.4) is 0 Å². The Hall–Kier alpha value is -4.72. The van der Waals surface area contributed by atoms with Crippen LogP contribution < -0.4 is 5.73 Å². The molecule has 6 N–H and O–H groups in total. The number of nitrogens with zero attached hydrogens (tertiary/aromatic N) is 2. The molecule has 1 amide bonds. The van der Waals surface area contributed by atoms with Crippen molar-refractivity contribution in [1.82, 2.24) is 4.90 Å². The average molecular weight is 542 g/mol. The predicted molar refractivity (Wildman–Crippen MR) is 144 cm³/mol. The molecule has 0 bridgehead atoms. The molecule has 2 aromatic carbocycles. The maximum Gasteiger partial charge on any atom is 0.255 e. The molecular weight excluding hydrogens is 514 g/mol. The summed E-state index contributed by atoms with van der Waals surface area (Å²) >= 11 is 0. The third-order valence-corrected chi connectivity index (χ3v) is 8.15. The van der Waals surface area contributed by atoms with Gasteiger partial charge in [0.25, 0.3) is 5.91 Å². The van der Waals surface area contributed by atoms with Crippen LogP contribution in [0.15, 0.2) is 65.1 Å². The number of carbonyl (C=O) groups excluding carboxylic acids is 3. The first-order valence-electron chi connectivity index (χ1n) is 12.6. The van der Waals surface area contributed by atoms with Crippen LogP contribution in [0.1, 0.15) is 27.9 Å². The Labute approximate surface area is 229 Å². The maximum atomic E-state index is 13.9. The summed E-state index contributed by atoms with van der Waals surface area (Å²) in [6, 6.07) is 11.2. The second-order valence-corrected chi connectivity index (χ2v) is 10.5. The number of fused-ring (bicyclic) bond motifs is 3. The topological polar surface area (TPSA) is 185 Å². The molecule has 3 aliphatic carbocycles. The summed E-state index contributed by atoms with van der Waals surface area (Å²) in [6.07, 6.45) is 3.17. The lowest BCUT2D eigenvalue weighted by atomic mass is 9.58. The lowest BCUT2D eigenvalue weighted by Gasteiger charge is -2.50. The number of likely N-dealkylation sites (N-methyl/N-ethyl adjacent to an activating group) is 1. The Morgan fingerprint density at radius 1 is 1.18 bits per heavy atom. The molecule has 40 heavy (non-hydrogen) atoms. The number of benzene rings is 2. The Morgan fingerprint density at radius 2 is 1.90 bits per heavy atom. The minimum Gasteiger partial charge on any atom is -0.510 e. The van der Waals surface area contributed by atoms with E-state index in [9.17, 15) is 34.8 Å². The summed E-state index contributed by atoms with van der Waals surface area (Å²) in [5.41, 5.74) is 4.25. The number of amides is 1. The molecule has 4 atom stereocenters. The summed E-state index contributed by atoms with van der Waals surface area (Å²) < 4.78 is 0. The number of Topliss-reactive ketones (excluding diaryl/α,β-unsaturated/α-hetero) is 2. The molecule has 10 nitrogen and oxygen atoms in total. The normalized spacial score (nSPS) is 26.0. The number of hydrogen-bond donors (Lipinski definition) is 5. The number of hydrogen-bond acceptors (Lipinski definition) is 9. The zero-order chi connectivity index (χ0) is 29.1. The molecule has 0 heterocycles. The van der Waals surface area contributed by atoms with Gasteiger partial charge in [0.05, 0.1) is 17.7 Å². The van der Waals surface area contributed by atoms with Crippen LogP contribution in [0.5, 0.6) is 5.75 Å². The van der Waals surface area contributed by atoms with Crippen molar-refractivity contribution in [3.8, 4) is 22.9 Å². The fourth-order valence-corrected chi connectivity index (χ4v) is 6.46. The van der Waals surface area contributed by atoms with Gasteiger partial charge in [-0.1, -0.05) is 24.3 Å². The smallest absolute Gasteiger partial charge is 0.255 e. The van der Waals surface area contributed by atoms with Crippen molar-refractivity contribution >= 4 is 23.5 Å². The first kappa shape index (κ1) is 26.9. The fourth-order valence-electron chi connectivity index (χ4n) is 6.46. The van der Waals surface area contributed by atoms with Crippen LogP contribution >= 0.6 is 0 Å². The van der Waals surface area contributed by atoms with E-state index >= 15 is 0 Å². The van der Waals surface area contributed by atoms with E-state index in [1.807, 2.05) is 24.3 Å². The number of primary amides is 1. The summed E-state index contributed by atoms with van der Waals surface area (Å²) in [6.45, 7) is 0. The van der Waals surface area contributed by atoms with Crippen molar-refractivity contribution in [3.05, 3.63) is 81.8 Å². The molecule has 10 heteroatoms. The fraction of sp³-hybridized carbons (Fsp3) is 0.267. The molecule has 0 saturated carbocycles. The number of ketones is 2. The van der Waals surface area contributed by atoms with Crippen molar-refractivity contribution in [3.63, 3.8) is 0 Å². The molecule has 0 radical (unpaired) electrons. The predicted octanol–water partition coefficient (Wildman–Crippen LogP) is 2.32. The molecule has 0 aliphatic heterocycles. The molecular formula is C30H27N3O7. The zero-order valence-electron chi connectivity index (χ0n) is 21.8. The minimum atomic E-state index is -2.68. The van der Waals surface area contributed by atoms with Gasteiger partial charge in [-0.3, -0.25) is 19.3 Å². The molecule has 2 aromatic rings. The molecule has 3 aliphatic rings. The SMILES string of the molecule is CN(C)[C@@H]1C(O)=C(C(N)=O)C(=O)[C@@]2(O)C(O)=C3C(=O)c4c(O)ccc(-c5cccc(/C=C/C#N)c5)c4C[C@H]3C[C@@H]12. The number of aliphatic hydroxyl groups is 3. The Balaban J connectivity index is 1.70. The molecule has 204 valence electrons. The monoisotopic (exact) mass is 541 g/mol. The number of aliphatic hydroxyl groups excluding tert-OH is 2. The van der Waals surface area contributed by atoms with Crippen LogP contribution in [0, 0.1) is 23.2 Å². The van der Waals surface area contributed by atoms with Crippen LogP contribution in [0.2, 0.25) is 0 Å². The summed E-state index contributed by atoms with van der Waals surface area (Å²) in [4.78, 5) is 40.9. The van der Waals surface area contributed by atoms with Crippen LogP contribution in [0.25, 0.3) is 17.2 Å². The molecule has 0 saturated heterocycles. The molecule has 0 fully saturated rings. The van der Waals surface area contributed by atoms with E-state index < -0.39 is 58.0 Å². The highest BCUT2D eigenvalue weighted by atomic mass is 16.3. The number of allylic oxidation sites excluding steroid dienone is 2. The summed E-state index contributed by atoms with van der Waals surface area (Å²) in [5.74, 6) is -6.90. The highest BCUT2D eigenvalue weighted by Crippen LogP contribution is 2.53. The number of carbonyl (C=O) groups is 3. The van der Waals surface area contributed by atoms with E-state index in [-0.39, 0.29) is 29.7 Å². The quantitative estimate of drug-likeness (QED) is 0.286. The van der Waals surface area contributed by atoms with E-state index in [0.29, 0.717) is 11.1 Å². The third-order valence-electron chi connectivity index (χ3n) is 8.15. The van der Waals surface area contributed by atoms with Crippen molar-refractivity contribution < 1.29 is 34.8 Å². The van der Waals surface area contributed by atoms with Crippen molar-refractivity contribution in [2.24, 2.45) is 17.6 Å². The number of rotatable bonds is 4. The van der Waals surface area contributed by atoms with E-state index in [1.165, 1.54) is 17.0 Å². The number of nitriles is 1. The minimum absolute atomic E-state index is 0.00576. The van der Waals surface area contributed by atoms with Crippen LogP contribution in [-0.4, -0.2) is 68.5 Å². The second kappa shape index (κ2) is 9.48. The van der Waals surface area contributed by atoms with Crippen LogP contribution in [0.4, 0.5) is 0 Å². The lowest BCUT2D eigenvalue weighted by Crippen LogP contribution is -2.63. The number of aromatic hydroxyl groups is 1. The summed E-state index contributed by atoms with van der Waals surface area (Å²) in [5, 5.41) is 53.6. The van der Waals surface area contributed by atoms with Gasteiger partial charge in [0, 0.05) is 17.6 Å². The van der Waals surface area contributed by atoms with E-state index in [1.54, 1.807) is 32.3 Å². The molecule has 5 rings (SSSR count). The molecule has 0 unspecified atom stereocenters. The third kappa shape index (κ3) is 3.74. The first-order valence-corrected chi connectivity index (χ1v) is 12.6. The van der Waals surface area contributed by atoms with Gasteiger partial charge in [0.2, 0.25) is 5.78 Å². The highest BCUT2D eigenvalue weighted by Gasteiger charge is 2.63. The molecule has 0 spiro atoms. The van der Waals surface area contributed by atoms with Gasteiger partial charge in [-0.15, -0.1) is 0 Å². The Kier molecular flexibility index (Phi) is 6.37. The van der Waals surface area contributed by atoms with Gasteiger partial charge in [-0.25, -0.2) is 0 Å². The summed E-state index contributed by atoms with van der Waals surface area (Å²) in [7, 11) is 3.16. The van der Waals surface area contributed by atoms with Crippen molar-refractivity contribution in [2.45, 2.75) is 24.5 Å². The van der Waals surface area contributed by atoms with E-state index in [4.69, 9.17) is 11.0 Å². The average Bonchev–Trinajstić information content (AvgIpc) is 2.89. The number of phenolic OH excluding ortho intramolecular Hbond substituents is 1. The Bertz CT molecular complexity index is 1630. The molecule has 0 aromatic heterocycles. The van der Waals surface area contributed by atoms with Gasteiger partial charge in [-0.05, 0) is 73.3 Å². The van der Waals surface area contributed by atoms with E-state index in [0.717, 1.165) is 11.1 Å². The van der Waals surface area contributed by atoms with E-state index in [2.05, 4.69) is 0 Å². The number of phenols is 1. The van der Waals surface area contributed by atoms with Gasteiger partial charge < -0.3 is 26.2 Å². The standard InChI is InChI=1S/C30H27N3O7/c1-33(2)24-19-13-16-12-18-17(15-7-3-5-14(11-15)6-4-10-31)8-9-20(34)22(18)25(35)21(16)27(37)30(19,40)28(38)23(26(24)36)29(32)39/h3-9,11,16,19,24,34,36-37,40H,12-13H2,1-2H3,(H2,32,39)/b6-4+/t16-,19-,24-,30-/m0/s1. The number of nitrogens with two attached hydrogens (primary N) is 1. The zero-order valence-corrected chi connectivity index (χ0v) is 21.8. The Morgan fingerprint density at radius 3 is 2.55 bits per heavy atom. The second-order valence-electron chi connectivity index (χ2n) is 10.5. The van der Waals surface area contributed by atoms with Gasteiger partial charge in [0.1, 0.15) is 22.8 Å². The van der Waals surface area contributed by atoms with Gasteiger partial charge in [-0.2, -0.15) is 5.26 Å². The van der Waals surface area contributed by atoms with Gasteiger partial charge >= 0.3 is 0 Å². The van der Waals surface area contributed by atoms with Crippen molar-refractivity contribution in [1.29, 1.82) is 5.26 Å². The largest absolute Gasteiger partial charge is 0.510 e.